The van der Waals surface area contributed by atoms with Crippen LogP contribution >= 0.6 is 0 Å². The fourth-order valence-corrected chi connectivity index (χ4v) is 4.18. The minimum atomic E-state index is -0.425. The third-order valence-electron chi connectivity index (χ3n) is 5.40. The molecule has 1 aromatic carbocycles. The monoisotopic (exact) mass is 316 g/mol. The van der Waals surface area contributed by atoms with Gasteiger partial charge in [-0.15, -0.1) is 0 Å². The number of hydrogen-bond acceptors (Lipinski definition) is 3. The molecular weight excluding hydrogens is 288 g/mol. The van der Waals surface area contributed by atoms with Gasteiger partial charge in [-0.05, 0) is 50.0 Å². The largest absolute Gasteiger partial charge is 0.364 e. The first-order chi connectivity index (χ1) is 11.1. The van der Waals surface area contributed by atoms with Gasteiger partial charge in [0.15, 0.2) is 0 Å². The molecule has 23 heavy (non-hydrogen) atoms. The minimum Gasteiger partial charge on any atom is -0.364 e. The first-order valence-corrected chi connectivity index (χ1v) is 8.85. The highest BCUT2D eigenvalue weighted by molar-refractivity contribution is 5.80. The van der Waals surface area contributed by atoms with Crippen molar-refractivity contribution in [1.29, 1.82) is 0 Å². The van der Waals surface area contributed by atoms with Gasteiger partial charge in [0.25, 0.3) is 0 Å². The van der Waals surface area contributed by atoms with Crippen molar-refractivity contribution in [2.45, 2.75) is 63.8 Å². The predicted octanol–water partition coefficient (Wildman–Crippen LogP) is 2.61. The molecule has 4 nitrogen and oxygen atoms in total. The van der Waals surface area contributed by atoms with Gasteiger partial charge in [0.1, 0.15) is 6.10 Å². The van der Waals surface area contributed by atoms with Crippen molar-refractivity contribution in [3.8, 4) is 0 Å². The summed E-state index contributed by atoms with van der Waals surface area (Å²) in [5.74, 6) is 1.10. The van der Waals surface area contributed by atoms with Crippen LogP contribution in [0, 0.1) is 11.8 Å². The number of nitrogens with one attached hydrogen (secondary N) is 1. The number of carbonyl (C=O) groups is 1. The van der Waals surface area contributed by atoms with E-state index in [-0.39, 0.29) is 5.91 Å². The van der Waals surface area contributed by atoms with Gasteiger partial charge in [0.2, 0.25) is 5.91 Å². The van der Waals surface area contributed by atoms with E-state index in [4.69, 9.17) is 10.5 Å². The summed E-state index contributed by atoms with van der Waals surface area (Å²) in [6, 6.07) is 10.6. The summed E-state index contributed by atoms with van der Waals surface area (Å²) in [5, 5.41) is 3.26. The van der Waals surface area contributed by atoms with Crippen molar-refractivity contribution in [3.63, 3.8) is 0 Å². The first kappa shape index (κ1) is 16.5. The molecule has 0 saturated heterocycles. The van der Waals surface area contributed by atoms with Crippen LogP contribution < -0.4 is 11.1 Å². The van der Waals surface area contributed by atoms with Crippen molar-refractivity contribution in [1.82, 2.24) is 5.32 Å². The van der Waals surface area contributed by atoms with Crippen LogP contribution in [-0.4, -0.2) is 24.1 Å². The molecule has 2 bridgehead atoms. The highest BCUT2D eigenvalue weighted by atomic mass is 16.5. The Bertz CT molecular complexity index is 505. The second-order valence-corrected chi connectivity index (χ2v) is 7.16. The minimum absolute atomic E-state index is 0.0123. The molecule has 1 amide bonds. The fourth-order valence-electron chi connectivity index (χ4n) is 4.18. The summed E-state index contributed by atoms with van der Waals surface area (Å²) in [6.07, 6.45) is 5.31. The van der Waals surface area contributed by atoms with Gasteiger partial charge in [-0.2, -0.15) is 0 Å². The highest BCUT2D eigenvalue weighted by Crippen LogP contribution is 2.39. The number of nitrogens with two attached hydrogens (primary N) is 1. The lowest BCUT2D eigenvalue weighted by Crippen LogP contribution is -2.55. The van der Waals surface area contributed by atoms with E-state index in [0.717, 1.165) is 18.4 Å². The lowest BCUT2D eigenvalue weighted by atomic mass is 9.67. The molecule has 3 rings (SSSR count). The summed E-state index contributed by atoms with van der Waals surface area (Å²) < 4.78 is 5.74. The Labute approximate surface area is 138 Å². The van der Waals surface area contributed by atoms with Crippen molar-refractivity contribution in [2.24, 2.45) is 17.6 Å². The summed E-state index contributed by atoms with van der Waals surface area (Å²) in [4.78, 5) is 12.5. The summed E-state index contributed by atoms with van der Waals surface area (Å²) in [6.45, 7) is 2.31. The Hall–Kier alpha value is -1.39. The van der Waals surface area contributed by atoms with Gasteiger partial charge < -0.3 is 15.8 Å². The van der Waals surface area contributed by atoms with Crippen LogP contribution in [0.5, 0.6) is 0 Å². The Morgan fingerprint density at radius 3 is 2.57 bits per heavy atom. The summed E-state index contributed by atoms with van der Waals surface area (Å²) in [5.41, 5.74) is 7.24. The summed E-state index contributed by atoms with van der Waals surface area (Å²) >= 11 is 0. The fraction of sp³-hybridized carbons (Fsp3) is 0.632. The first-order valence-electron chi connectivity index (χ1n) is 8.85. The molecule has 0 heterocycles. The highest BCUT2D eigenvalue weighted by Gasteiger charge is 2.40. The number of rotatable bonds is 5. The summed E-state index contributed by atoms with van der Waals surface area (Å²) in [7, 11) is 0. The average molecular weight is 316 g/mol. The predicted molar refractivity (Wildman–Crippen MR) is 90.7 cm³/mol. The van der Waals surface area contributed by atoms with E-state index in [0.29, 0.717) is 30.5 Å². The van der Waals surface area contributed by atoms with Gasteiger partial charge >= 0.3 is 0 Å². The second-order valence-electron chi connectivity index (χ2n) is 7.16. The zero-order valence-corrected chi connectivity index (χ0v) is 13.9. The molecule has 0 aliphatic heterocycles. The molecule has 4 heteroatoms. The molecule has 1 aromatic rings. The van der Waals surface area contributed by atoms with Crippen molar-refractivity contribution in [2.75, 3.05) is 0 Å². The molecule has 2 aliphatic rings. The van der Waals surface area contributed by atoms with Crippen molar-refractivity contribution < 1.29 is 9.53 Å². The standard InChI is InChI=1S/C19H28N2O2/c1-13(23-12-14-6-3-2-4-7-14)19(22)21-18-15-8-5-9-16(18)11-17(20)10-15/h2-4,6-7,13,15-18H,5,8-12,20H2,1H3,(H,21,22). The number of ether oxygens (including phenoxy) is 1. The van der Waals surface area contributed by atoms with Gasteiger partial charge in [-0.3, -0.25) is 4.79 Å². The average Bonchev–Trinajstić information content (AvgIpc) is 2.54. The molecule has 3 N–H and O–H groups in total. The quantitative estimate of drug-likeness (QED) is 0.877. The van der Waals surface area contributed by atoms with E-state index in [1.54, 1.807) is 0 Å². The Balaban J connectivity index is 1.52. The topological polar surface area (TPSA) is 64.3 Å². The molecule has 3 unspecified atom stereocenters. The van der Waals surface area contributed by atoms with E-state index >= 15 is 0 Å². The van der Waals surface area contributed by atoms with E-state index in [1.165, 1.54) is 19.3 Å². The van der Waals surface area contributed by atoms with Crippen molar-refractivity contribution >= 4 is 5.91 Å². The Kier molecular flexibility index (Phi) is 5.34. The number of benzene rings is 1. The van der Waals surface area contributed by atoms with Crippen LogP contribution in [0.15, 0.2) is 30.3 Å². The maximum absolute atomic E-state index is 12.5. The Morgan fingerprint density at radius 1 is 1.26 bits per heavy atom. The number of amides is 1. The maximum atomic E-state index is 12.5. The van der Waals surface area contributed by atoms with Crippen LogP contribution in [0.3, 0.4) is 0 Å². The van der Waals surface area contributed by atoms with Crippen molar-refractivity contribution in [3.05, 3.63) is 35.9 Å². The maximum Gasteiger partial charge on any atom is 0.249 e. The van der Waals surface area contributed by atoms with Crippen LogP contribution in [-0.2, 0) is 16.1 Å². The number of carbonyl (C=O) groups excluding carboxylic acids is 1. The molecule has 2 aliphatic carbocycles. The van der Waals surface area contributed by atoms with Crippen LogP contribution in [0.1, 0.15) is 44.6 Å². The molecule has 3 atom stereocenters. The number of fused-ring (bicyclic) bond motifs is 2. The molecule has 0 aromatic heterocycles. The van der Waals surface area contributed by atoms with E-state index < -0.39 is 6.10 Å². The Morgan fingerprint density at radius 2 is 1.91 bits per heavy atom. The second kappa shape index (κ2) is 7.45. The third kappa shape index (κ3) is 4.12. The van der Waals surface area contributed by atoms with Crippen LogP contribution in [0.4, 0.5) is 0 Å². The lowest BCUT2D eigenvalue weighted by Gasteiger charge is -2.45. The third-order valence-corrected chi connectivity index (χ3v) is 5.40. The molecule has 0 radical (unpaired) electrons. The van der Waals surface area contributed by atoms with Crippen LogP contribution in [0.25, 0.3) is 0 Å². The zero-order valence-electron chi connectivity index (χ0n) is 13.9. The molecule has 126 valence electrons. The molecule has 2 fully saturated rings. The number of hydrogen-bond donors (Lipinski definition) is 2. The lowest BCUT2D eigenvalue weighted by molar-refractivity contribution is -0.134. The van der Waals surface area contributed by atoms with E-state index in [2.05, 4.69) is 5.32 Å². The van der Waals surface area contributed by atoms with Gasteiger partial charge in [-0.25, -0.2) is 0 Å². The SMILES string of the molecule is CC(OCc1ccccc1)C(=O)NC1C2CCCC1CC(N)C2. The molecular formula is C19H28N2O2. The van der Waals surface area contributed by atoms with Gasteiger partial charge in [0, 0.05) is 12.1 Å². The normalized spacial score (nSPS) is 31.4. The molecule has 0 spiro atoms. The zero-order chi connectivity index (χ0) is 16.2. The van der Waals surface area contributed by atoms with E-state index in [1.807, 2.05) is 37.3 Å². The smallest absolute Gasteiger partial charge is 0.249 e. The van der Waals surface area contributed by atoms with Gasteiger partial charge in [-0.1, -0.05) is 36.8 Å². The molecule has 2 saturated carbocycles. The van der Waals surface area contributed by atoms with Crippen LogP contribution in [0.2, 0.25) is 0 Å². The van der Waals surface area contributed by atoms with E-state index in [9.17, 15) is 4.79 Å². The van der Waals surface area contributed by atoms with Gasteiger partial charge in [0.05, 0.1) is 6.61 Å².